The Bertz CT molecular complexity index is 1280. The number of methoxy groups -OCH3 is 2. The van der Waals surface area contributed by atoms with Gasteiger partial charge in [-0.3, -0.25) is 4.79 Å². The number of phenolic OH excluding ortho intramolecular Hbond substituents is 2. The second-order valence-electron chi connectivity index (χ2n) is 8.62. The molecule has 6 heteroatoms. The minimum atomic E-state index is -0.396. The molecule has 3 aromatic rings. The van der Waals surface area contributed by atoms with Crippen LogP contribution in [-0.2, 0) is 12.8 Å². The van der Waals surface area contributed by atoms with Crippen LogP contribution in [-0.4, -0.2) is 24.4 Å². The molecule has 35 heavy (non-hydrogen) atoms. The molecule has 0 amide bonds. The Hall–Kier alpha value is -3.41. The molecule has 0 radical (unpaired) electrons. The number of phenols is 2. The Morgan fingerprint density at radius 3 is 1.89 bits per heavy atom. The largest absolute Gasteiger partial charge is 0.507 e. The predicted molar refractivity (Wildman–Crippen MR) is 141 cm³/mol. The highest BCUT2D eigenvalue weighted by atomic mass is 16.5. The topological polar surface area (TPSA) is 89.1 Å². The number of aromatic hydroxyl groups is 2. The number of benzene rings is 2. The van der Waals surface area contributed by atoms with E-state index in [4.69, 9.17) is 13.9 Å². The van der Waals surface area contributed by atoms with Gasteiger partial charge in [-0.05, 0) is 25.7 Å². The Morgan fingerprint density at radius 2 is 1.31 bits per heavy atom. The molecule has 0 aliphatic carbocycles. The van der Waals surface area contributed by atoms with Crippen molar-refractivity contribution in [3.63, 3.8) is 0 Å². The van der Waals surface area contributed by atoms with Gasteiger partial charge in [0.2, 0.25) is 5.43 Å². The first-order chi connectivity index (χ1) is 17.0. The predicted octanol–water partition coefficient (Wildman–Crippen LogP) is 6.95. The van der Waals surface area contributed by atoms with Crippen molar-refractivity contribution in [2.45, 2.75) is 65.2 Å². The highest BCUT2D eigenvalue weighted by Gasteiger charge is 2.23. The molecule has 0 atom stereocenters. The van der Waals surface area contributed by atoms with Crippen molar-refractivity contribution in [1.82, 2.24) is 0 Å². The number of ether oxygens (including phenoxy) is 2. The first-order valence-electron chi connectivity index (χ1n) is 12.4. The van der Waals surface area contributed by atoms with Crippen LogP contribution in [0.2, 0.25) is 0 Å². The van der Waals surface area contributed by atoms with Gasteiger partial charge >= 0.3 is 0 Å². The van der Waals surface area contributed by atoms with E-state index in [9.17, 15) is 15.0 Å². The van der Waals surface area contributed by atoms with E-state index in [1.807, 2.05) is 18.2 Å². The lowest BCUT2D eigenvalue weighted by molar-refractivity contribution is 0.371. The van der Waals surface area contributed by atoms with Crippen LogP contribution in [0, 0.1) is 0 Å². The molecule has 0 saturated carbocycles. The summed E-state index contributed by atoms with van der Waals surface area (Å²) in [6.07, 6.45) is 15.0. The molecule has 2 N–H and O–H groups in total. The Balaban J connectivity index is 2.21. The minimum Gasteiger partial charge on any atom is -0.507 e. The summed E-state index contributed by atoms with van der Waals surface area (Å²) in [5.74, 6) is 0.415. The zero-order valence-corrected chi connectivity index (χ0v) is 21.1. The maximum Gasteiger partial charge on any atom is 0.204 e. The number of rotatable bonds is 12. The second-order valence-corrected chi connectivity index (χ2v) is 8.62. The van der Waals surface area contributed by atoms with Gasteiger partial charge in [0.25, 0.3) is 0 Å². The zero-order chi connectivity index (χ0) is 25.4. The van der Waals surface area contributed by atoms with E-state index in [0.717, 1.165) is 38.5 Å². The van der Waals surface area contributed by atoms with E-state index < -0.39 is 5.43 Å². The maximum absolute atomic E-state index is 13.7. The highest BCUT2D eigenvalue weighted by Crippen LogP contribution is 2.40. The van der Waals surface area contributed by atoms with E-state index in [1.165, 1.54) is 20.3 Å². The fraction of sp³-hybridized carbons (Fsp3) is 0.414. The van der Waals surface area contributed by atoms with Gasteiger partial charge < -0.3 is 24.1 Å². The number of hydrogen-bond donors (Lipinski definition) is 2. The van der Waals surface area contributed by atoms with Crippen molar-refractivity contribution in [3.8, 4) is 23.0 Å². The molecular formula is C29H36O6. The third kappa shape index (κ3) is 5.64. The molecule has 0 aliphatic rings. The quantitative estimate of drug-likeness (QED) is 0.166. The van der Waals surface area contributed by atoms with Crippen molar-refractivity contribution < 1.29 is 24.1 Å². The molecule has 3 rings (SSSR count). The number of hydrogen-bond acceptors (Lipinski definition) is 6. The summed E-state index contributed by atoms with van der Waals surface area (Å²) in [7, 11) is 2.98. The highest BCUT2D eigenvalue weighted by molar-refractivity contribution is 5.97. The molecule has 0 fully saturated rings. The third-order valence-electron chi connectivity index (χ3n) is 6.20. The van der Waals surface area contributed by atoms with E-state index in [2.05, 4.69) is 19.9 Å². The molecule has 0 spiro atoms. The molecule has 1 aromatic heterocycles. The third-order valence-corrected chi connectivity index (χ3v) is 6.20. The average Bonchev–Trinajstić information content (AvgIpc) is 2.85. The number of unbranched alkanes of at least 4 members (excludes halogenated alkanes) is 4. The van der Waals surface area contributed by atoms with Crippen molar-refractivity contribution in [3.05, 3.63) is 57.8 Å². The number of fused-ring (bicyclic) bond motifs is 2. The lowest BCUT2D eigenvalue weighted by Crippen LogP contribution is -2.08. The summed E-state index contributed by atoms with van der Waals surface area (Å²) in [4.78, 5) is 13.7. The fourth-order valence-electron chi connectivity index (χ4n) is 4.23. The van der Waals surface area contributed by atoms with Gasteiger partial charge in [-0.25, -0.2) is 0 Å². The van der Waals surface area contributed by atoms with Gasteiger partial charge in [0, 0.05) is 23.3 Å². The molecule has 0 unspecified atom stereocenters. The fourth-order valence-corrected chi connectivity index (χ4v) is 4.23. The smallest absolute Gasteiger partial charge is 0.204 e. The summed E-state index contributed by atoms with van der Waals surface area (Å²) in [6.45, 7) is 4.26. The molecule has 0 bridgehead atoms. The summed E-state index contributed by atoms with van der Waals surface area (Å²) in [6, 6.07) is 3.14. The maximum atomic E-state index is 13.7. The van der Waals surface area contributed by atoms with Gasteiger partial charge in [-0.1, -0.05) is 63.8 Å². The van der Waals surface area contributed by atoms with Gasteiger partial charge in [0.15, 0.2) is 11.5 Å². The SMILES string of the molecule is CCCCC=CCc1c(OC)cc2oc3cc(OC)c(O)c(CC=CCCCC)c3c(=O)c2c1O. The number of allylic oxidation sites excluding steroid dienone is 4. The van der Waals surface area contributed by atoms with Crippen LogP contribution in [0.5, 0.6) is 23.0 Å². The van der Waals surface area contributed by atoms with E-state index in [-0.39, 0.29) is 39.2 Å². The summed E-state index contributed by atoms with van der Waals surface area (Å²) < 4.78 is 16.9. The summed E-state index contributed by atoms with van der Waals surface area (Å²) >= 11 is 0. The van der Waals surface area contributed by atoms with E-state index >= 15 is 0 Å². The van der Waals surface area contributed by atoms with Gasteiger partial charge in [-0.2, -0.15) is 0 Å². The van der Waals surface area contributed by atoms with Crippen molar-refractivity contribution in [1.29, 1.82) is 0 Å². The Labute approximate surface area is 206 Å². The van der Waals surface area contributed by atoms with Crippen LogP contribution in [0.3, 0.4) is 0 Å². The van der Waals surface area contributed by atoms with Crippen LogP contribution < -0.4 is 14.9 Å². The molecule has 2 aromatic carbocycles. The molecule has 188 valence electrons. The summed E-state index contributed by atoms with van der Waals surface area (Å²) in [5.41, 5.74) is 1.04. The molecule has 0 aliphatic heterocycles. The molecular weight excluding hydrogens is 444 g/mol. The van der Waals surface area contributed by atoms with Crippen LogP contribution in [0.1, 0.15) is 63.5 Å². The lowest BCUT2D eigenvalue weighted by Gasteiger charge is -2.14. The first-order valence-corrected chi connectivity index (χ1v) is 12.4. The Kier molecular flexibility index (Phi) is 9.24. The Morgan fingerprint density at radius 1 is 0.771 bits per heavy atom. The van der Waals surface area contributed by atoms with Crippen LogP contribution in [0.4, 0.5) is 0 Å². The average molecular weight is 481 g/mol. The van der Waals surface area contributed by atoms with Crippen LogP contribution in [0.25, 0.3) is 21.9 Å². The van der Waals surface area contributed by atoms with Crippen LogP contribution in [0.15, 0.2) is 45.6 Å². The molecule has 6 nitrogen and oxygen atoms in total. The standard InChI is InChI=1S/C29H36O6/c1-5-7-9-11-13-15-19-21(33-3)17-23-26(28(19)31)29(32)25-20(16-14-12-10-8-6-2)27(30)24(34-4)18-22(25)35-23/h11-14,17-18,30-31H,5-10,15-16H2,1-4H3. The normalized spacial score (nSPS) is 11.9. The summed E-state index contributed by atoms with van der Waals surface area (Å²) in [5, 5.41) is 22.3. The van der Waals surface area contributed by atoms with Gasteiger partial charge in [0.1, 0.15) is 28.1 Å². The monoisotopic (exact) mass is 480 g/mol. The lowest BCUT2D eigenvalue weighted by atomic mass is 9.99. The second kappa shape index (κ2) is 12.3. The zero-order valence-electron chi connectivity index (χ0n) is 21.1. The minimum absolute atomic E-state index is 0.0797. The first kappa shape index (κ1) is 26.2. The van der Waals surface area contributed by atoms with Crippen molar-refractivity contribution in [2.24, 2.45) is 0 Å². The molecule has 0 saturated heterocycles. The van der Waals surface area contributed by atoms with E-state index in [0.29, 0.717) is 29.7 Å². The van der Waals surface area contributed by atoms with Gasteiger partial charge in [-0.15, -0.1) is 0 Å². The van der Waals surface area contributed by atoms with E-state index in [1.54, 1.807) is 6.07 Å². The molecule has 1 heterocycles. The van der Waals surface area contributed by atoms with Crippen molar-refractivity contribution >= 4 is 21.9 Å². The van der Waals surface area contributed by atoms with Crippen LogP contribution >= 0.6 is 0 Å². The van der Waals surface area contributed by atoms with Crippen molar-refractivity contribution in [2.75, 3.05) is 14.2 Å². The van der Waals surface area contributed by atoms with Gasteiger partial charge in [0.05, 0.1) is 19.6 Å².